The largest absolute Gasteiger partial charge is 0.362 e. The molecule has 0 fully saturated rings. The topological polar surface area (TPSA) is 77.6 Å². The molecule has 170 valence electrons. The molecule has 2 aromatic carbocycles. The lowest BCUT2D eigenvalue weighted by atomic mass is 9.99. The number of hydrogen-bond donors (Lipinski definition) is 1. The number of pyridine rings is 1. The maximum absolute atomic E-state index is 14.1. The van der Waals surface area contributed by atoms with Crippen molar-refractivity contribution in [1.29, 1.82) is 0 Å². The van der Waals surface area contributed by atoms with Gasteiger partial charge in [-0.3, -0.25) is 14.0 Å². The van der Waals surface area contributed by atoms with Crippen LogP contribution in [0.3, 0.4) is 0 Å². The zero-order valence-corrected chi connectivity index (χ0v) is 19.8. The van der Waals surface area contributed by atoms with Gasteiger partial charge in [0.25, 0.3) is 5.56 Å². The van der Waals surface area contributed by atoms with Crippen molar-refractivity contribution in [1.82, 2.24) is 24.3 Å². The molecular weight excluding hydrogens is 448 g/mol. The summed E-state index contributed by atoms with van der Waals surface area (Å²) in [7, 11) is 1.86. The Balaban J connectivity index is 1.75. The molecule has 1 N–H and O–H groups in total. The molecule has 7 nitrogen and oxygen atoms in total. The summed E-state index contributed by atoms with van der Waals surface area (Å²) >= 11 is 6.03. The van der Waals surface area contributed by atoms with Crippen molar-refractivity contribution in [3.8, 4) is 16.8 Å². The van der Waals surface area contributed by atoms with Gasteiger partial charge < -0.3 is 5.32 Å². The highest BCUT2D eigenvalue weighted by molar-refractivity contribution is 6.28. The van der Waals surface area contributed by atoms with Crippen LogP contribution in [-0.2, 0) is 7.05 Å². The van der Waals surface area contributed by atoms with E-state index in [9.17, 15) is 4.79 Å². The fraction of sp³-hybridized carbons (Fsp3) is 0.154. The number of rotatable bonds is 5. The molecule has 0 aliphatic rings. The van der Waals surface area contributed by atoms with Gasteiger partial charge in [0, 0.05) is 41.9 Å². The summed E-state index contributed by atoms with van der Waals surface area (Å²) in [6.45, 7) is 3.91. The van der Waals surface area contributed by atoms with Gasteiger partial charge in [-0.25, -0.2) is 9.97 Å². The van der Waals surface area contributed by atoms with E-state index in [0.29, 0.717) is 11.2 Å². The van der Waals surface area contributed by atoms with Gasteiger partial charge in [0.1, 0.15) is 5.82 Å². The SMILES string of the molecule is Cc1cnc(Cl)nc1N[C@@H](C)c1cc2cccc(-c3cnn(C)c3)c2c(=O)n1-c1ccccc1. The molecule has 34 heavy (non-hydrogen) atoms. The molecule has 5 aromatic rings. The Labute approximate surface area is 201 Å². The molecule has 1 atom stereocenters. The second-order valence-corrected chi connectivity index (χ2v) is 8.59. The third kappa shape index (κ3) is 3.95. The highest BCUT2D eigenvalue weighted by atomic mass is 35.5. The minimum absolute atomic E-state index is 0.0933. The molecule has 0 saturated carbocycles. The minimum Gasteiger partial charge on any atom is -0.362 e. The first-order valence-corrected chi connectivity index (χ1v) is 11.3. The van der Waals surface area contributed by atoms with Gasteiger partial charge in [0.05, 0.1) is 17.6 Å². The van der Waals surface area contributed by atoms with E-state index >= 15 is 0 Å². The lowest BCUT2D eigenvalue weighted by molar-refractivity contribution is 0.768. The third-order valence-corrected chi connectivity index (χ3v) is 6.03. The summed E-state index contributed by atoms with van der Waals surface area (Å²) in [5.41, 5.74) is 4.12. The number of benzene rings is 2. The van der Waals surface area contributed by atoms with Crippen LogP contribution in [0.15, 0.2) is 78.0 Å². The second-order valence-electron chi connectivity index (χ2n) is 8.25. The monoisotopic (exact) mass is 470 g/mol. The molecule has 3 heterocycles. The van der Waals surface area contributed by atoms with E-state index in [1.807, 2.05) is 75.6 Å². The summed E-state index contributed by atoms with van der Waals surface area (Å²) < 4.78 is 3.50. The van der Waals surface area contributed by atoms with Crippen molar-refractivity contribution in [3.05, 3.63) is 100 Å². The summed E-state index contributed by atoms with van der Waals surface area (Å²) in [6, 6.07) is 17.4. The summed E-state index contributed by atoms with van der Waals surface area (Å²) in [5.74, 6) is 0.628. The first-order valence-electron chi connectivity index (χ1n) is 10.9. The Kier molecular flexibility index (Phi) is 5.63. The predicted octanol–water partition coefficient (Wildman–Crippen LogP) is 5.32. The molecule has 0 radical (unpaired) electrons. The van der Waals surface area contributed by atoms with Crippen LogP contribution in [0.25, 0.3) is 27.6 Å². The Bertz CT molecular complexity index is 1560. The van der Waals surface area contributed by atoms with Crippen molar-refractivity contribution in [2.24, 2.45) is 7.05 Å². The van der Waals surface area contributed by atoms with Crippen molar-refractivity contribution >= 4 is 28.2 Å². The van der Waals surface area contributed by atoms with Crippen LogP contribution >= 0.6 is 11.6 Å². The maximum atomic E-state index is 14.1. The zero-order chi connectivity index (χ0) is 23.8. The van der Waals surface area contributed by atoms with Crippen molar-refractivity contribution < 1.29 is 0 Å². The number of fused-ring (bicyclic) bond motifs is 1. The van der Waals surface area contributed by atoms with Crippen LogP contribution in [-0.4, -0.2) is 24.3 Å². The number of aromatic nitrogens is 5. The van der Waals surface area contributed by atoms with Gasteiger partial charge in [0.2, 0.25) is 5.28 Å². The Morgan fingerprint density at radius 2 is 1.85 bits per heavy atom. The van der Waals surface area contributed by atoms with Crippen LogP contribution in [0, 0.1) is 6.92 Å². The van der Waals surface area contributed by atoms with Crippen LogP contribution in [0.1, 0.15) is 24.2 Å². The lowest BCUT2D eigenvalue weighted by Gasteiger charge is -2.22. The van der Waals surface area contributed by atoms with Crippen molar-refractivity contribution in [3.63, 3.8) is 0 Å². The quantitative estimate of drug-likeness (QED) is 0.352. The average molecular weight is 471 g/mol. The molecule has 0 aliphatic heterocycles. The van der Waals surface area contributed by atoms with Gasteiger partial charge >= 0.3 is 0 Å². The Hall–Kier alpha value is -3.97. The summed E-state index contributed by atoms with van der Waals surface area (Å²) in [6.07, 6.45) is 5.37. The van der Waals surface area contributed by atoms with Crippen LogP contribution in [0.5, 0.6) is 0 Å². The highest BCUT2D eigenvalue weighted by Gasteiger charge is 2.20. The number of nitrogens with one attached hydrogen (secondary N) is 1. The minimum atomic E-state index is -0.246. The van der Waals surface area contributed by atoms with Gasteiger partial charge in [-0.15, -0.1) is 0 Å². The first kappa shape index (κ1) is 21.9. The normalized spacial score (nSPS) is 12.1. The van der Waals surface area contributed by atoms with Gasteiger partial charge in [-0.05, 0) is 54.6 Å². The fourth-order valence-electron chi connectivity index (χ4n) is 4.19. The number of halogens is 1. The smallest absolute Gasteiger partial charge is 0.263 e. The van der Waals surface area contributed by atoms with E-state index in [-0.39, 0.29) is 16.9 Å². The van der Waals surface area contributed by atoms with Crippen molar-refractivity contribution in [2.75, 3.05) is 5.32 Å². The van der Waals surface area contributed by atoms with Crippen LogP contribution < -0.4 is 10.9 Å². The molecule has 0 unspecified atom stereocenters. The average Bonchev–Trinajstić information content (AvgIpc) is 3.27. The third-order valence-electron chi connectivity index (χ3n) is 5.84. The van der Waals surface area contributed by atoms with E-state index in [4.69, 9.17) is 11.6 Å². The number of anilines is 1. The molecular formula is C26H23ClN6O. The zero-order valence-electron chi connectivity index (χ0n) is 19.0. The summed E-state index contributed by atoms with van der Waals surface area (Å²) in [4.78, 5) is 22.4. The van der Waals surface area contributed by atoms with E-state index < -0.39 is 0 Å². The molecule has 8 heteroatoms. The van der Waals surface area contributed by atoms with Crippen LogP contribution in [0.4, 0.5) is 5.82 Å². The Morgan fingerprint density at radius 1 is 1.06 bits per heavy atom. The van der Waals surface area contributed by atoms with Gasteiger partial charge in [-0.2, -0.15) is 5.10 Å². The molecule has 0 bridgehead atoms. The highest BCUT2D eigenvalue weighted by Crippen LogP contribution is 2.30. The standard InChI is InChI=1S/C26H23ClN6O/c1-16-13-28-26(27)31-24(16)30-17(2)22-12-18-8-7-11-21(19-14-29-32(3)15-19)23(18)25(34)33(22)20-9-5-4-6-10-20/h4-15,17H,1-3H3,(H,28,30,31)/t17-/m0/s1. The molecule has 0 aliphatic carbocycles. The molecule has 5 rings (SSSR count). The molecule has 0 amide bonds. The first-order chi connectivity index (χ1) is 16.4. The van der Waals surface area contributed by atoms with E-state index in [0.717, 1.165) is 33.5 Å². The van der Waals surface area contributed by atoms with Crippen LogP contribution in [0.2, 0.25) is 5.28 Å². The number of aryl methyl sites for hydroxylation is 2. The van der Waals surface area contributed by atoms with Crippen molar-refractivity contribution in [2.45, 2.75) is 19.9 Å². The van der Waals surface area contributed by atoms with Gasteiger partial charge in [-0.1, -0.05) is 36.4 Å². The summed E-state index contributed by atoms with van der Waals surface area (Å²) in [5, 5.41) is 9.38. The predicted molar refractivity (Wildman–Crippen MR) is 136 cm³/mol. The molecule has 0 spiro atoms. The number of hydrogen-bond acceptors (Lipinski definition) is 5. The van der Waals surface area contributed by atoms with E-state index in [1.165, 1.54) is 0 Å². The molecule has 0 saturated heterocycles. The molecule has 3 aromatic heterocycles. The Morgan fingerprint density at radius 3 is 2.59 bits per heavy atom. The fourth-order valence-corrected chi connectivity index (χ4v) is 4.32. The maximum Gasteiger partial charge on any atom is 0.263 e. The van der Waals surface area contributed by atoms with E-state index in [2.05, 4.69) is 26.4 Å². The number of nitrogens with zero attached hydrogens (tertiary/aromatic N) is 5. The number of para-hydroxylation sites is 1. The van der Waals surface area contributed by atoms with Gasteiger partial charge in [0.15, 0.2) is 0 Å². The second kappa shape index (κ2) is 8.76. The lowest BCUT2D eigenvalue weighted by Crippen LogP contribution is -2.26. The van der Waals surface area contributed by atoms with E-state index in [1.54, 1.807) is 21.6 Å².